The number of nitrogens with zero attached hydrogens (tertiary/aromatic N) is 2. The molecule has 3 heterocycles. The average molecular weight is 589 g/mol. The third kappa shape index (κ3) is 4.76. The van der Waals surface area contributed by atoms with Crippen LogP contribution in [0.25, 0.3) is 33.0 Å². The fraction of sp³-hybridized carbons (Fsp3) is 0.143. The maximum Gasteiger partial charge on any atom is 0.253 e. The Bertz CT molecular complexity index is 2120. The quantitative estimate of drug-likeness (QED) is 0.215. The molecule has 3 aromatic carbocycles. The lowest BCUT2D eigenvalue weighted by atomic mass is 9.95. The van der Waals surface area contributed by atoms with Crippen LogP contribution < -0.4 is 11.1 Å². The SMILES string of the molecule is Cc1ccc(C(=O)NC2(c3ccc4cnccc4n3)CC2)cc1-c1ccc2oc(Cc3ccc(F)cc3)c(C(N)=O)c2c1F. The van der Waals surface area contributed by atoms with Crippen molar-refractivity contribution in [2.45, 2.75) is 31.7 Å². The van der Waals surface area contributed by atoms with E-state index in [1.54, 1.807) is 54.9 Å². The number of hydrogen-bond donors (Lipinski definition) is 2. The van der Waals surface area contributed by atoms with E-state index in [-0.39, 0.29) is 40.2 Å². The summed E-state index contributed by atoms with van der Waals surface area (Å²) in [5.41, 5.74) is 9.29. The zero-order valence-electron chi connectivity index (χ0n) is 23.7. The molecule has 44 heavy (non-hydrogen) atoms. The van der Waals surface area contributed by atoms with Gasteiger partial charge in [0.25, 0.3) is 11.8 Å². The van der Waals surface area contributed by atoms with Gasteiger partial charge >= 0.3 is 0 Å². The summed E-state index contributed by atoms with van der Waals surface area (Å²) in [6.45, 7) is 1.82. The Kier molecular flexibility index (Phi) is 6.46. The molecule has 218 valence electrons. The van der Waals surface area contributed by atoms with Crippen LogP contribution in [0, 0.1) is 18.6 Å². The fourth-order valence-electron chi connectivity index (χ4n) is 5.73. The lowest BCUT2D eigenvalue weighted by molar-refractivity contribution is 0.0929. The number of pyridine rings is 2. The third-order valence-corrected chi connectivity index (χ3v) is 8.26. The third-order valence-electron chi connectivity index (χ3n) is 8.26. The van der Waals surface area contributed by atoms with E-state index in [9.17, 15) is 14.0 Å². The first kappa shape index (κ1) is 27.4. The highest BCUT2D eigenvalue weighted by molar-refractivity contribution is 6.08. The van der Waals surface area contributed by atoms with Crippen LogP contribution in [0.2, 0.25) is 0 Å². The molecule has 1 aliphatic rings. The van der Waals surface area contributed by atoms with E-state index in [0.29, 0.717) is 16.7 Å². The van der Waals surface area contributed by atoms with E-state index in [1.165, 1.54) is 12.1 Å². The number of nitrogens with one attached hydrogen (secondary N) is 1. The van der Waals surface area contributed by atoms with E-state index in [1.807, 2.05) is 25.1 Å². The number of carbonyl (C=O) groups is 2. The van der Waals surface area contributed by atoms with Gasteiger partial charge in [0.15, 0.2) is 0 Å². The molecule has 1 aliphatic carbocycles. The van der Waals surface area contributed by atoms with Crippen molar-refractivity contribution in [3.8, 4) is 11.1 Å². The number of aryl methyl sites for hydroxylation is 1. The summed E-state index contributed by atoms with van der Waals surface area (Å²) in [6, 6.07) is 19.7. The zero-order chi connectivity index (χ0) is 30.6. The molecule has 0 unspecified atom stereocenters. The second-order valence-corrected chi connectivity index (χ2v) is 11.2. The zero-order valence-corrected chi connectivity index (χ0v) is 23.7. The van der Waals surface area contributed by atoms with Gasteiger partial charge in [0.05, 0.1) is 27.7 Å². The first-order chi connectivity index (χ1) is 21.2. The smallest absolute Gasteiger partial charge is 0.253 e. The lowest BCUT2D eigenvalue weighted by Gasteiger charge is -2.18. The van der Waals surface area contributed by atoms with Crippen molar-refractivity contribution < 1.29 is 22.8 Å². The molecular weight excluding hydrogens is 562 g/mol. The topological polar surface area (TPSA) is 111 Å². The summed E-state index contributed by atoms with van der Waals surface area (Å²) in [4.78, 5) is 35.0. The van der Waals surface area contributed by atoms with Crippen LogP contribution in [0.1, 0.15) is 56.1 Å². The number of furan rings is 1. The van der Waals surface area contributed by atoms with Crippen LogP contribution >= 0.6 is 0 Å². The minimum Gasteiger partial charge on any atom is -0.460 e. The van der Waals surface area contributed by atoms with Crippen LogP contribution in [0.4, 0.5) is 8.78 Å². The van der Waals surface area contributed by atoms with E-state index in [2.05, 4.69) is 10.3 Å². The second-order valence-electron chi connectivity index (χ2n) is 11.2. The highest BCUT2D eigenvalue weighted by atomic mass is 19.1. The molecule has 0 bridgehead atoms. The standard InChI is InChI=1S/C35H26F2N4O3/c1-19-2-5-21(34(43)41-35(13-14-35)29-11-6-22-18-39-15-12-26(22)40-29)17-25(19)24-9-10-27-30(32(24)37)31(33(38)42)28(44-27)16-20-3-7-23(36)8-4-20/h2-12,15,17-18H,13-14,16H2,1H3,(H2,38,42)(H,41,43). The minimum atomic E-state index is -0.838. The van der Waals surface area contributed by atoms with Gasteiger partial charge in [-0.1, -0.05) is 18.2 Å². The Hall–Kier alpha value is -5.44. The summed E-state index contributed by atoms with van der Waals surface area (Å²) in [5.74, 6) is -2.03. The molecule has 9 heteroatoms. The molecule has 0 aliphatic heterocycles. The van der Waals surface area contributed by atoms with E-state index < -0.39 is 23.1 Å². The van der Waals surface area contributed by atoms with E-state index in [0.717, 1.165) is 35.0 Å². The van der Waals surface area contributed by atoms with Gasteiger partial charge in [-0.2, -0.15) is 0 Å². The number of halogens is 2. The number of fused-ring (bicyclic) bond motifs is 2. The number of nitrogens with two attached hydrogens (primary N) is 1. The molecule has 2 amide bonds. The molecule has 7 rings (SSSR count). The summed E-state index contributed by atoms with van der Waals surface area (Å²) < 4.78 is 35.6. The van der Waals surface area contributed by atoms with Gasteiger partial charge in [-0.3, -0.25) is 19.6 Å². The number of rotatable bonds is 7. The molecule has 0 spiro atoms. The number of benzene rings is 3. The van der Waals surface area contributed by atoms with Crippen LogP contribution in [0.3, 0.4) is 0 Å². The van der Waals surface area contributed by atoms with Gasteiger partial charge in [-0.05, 0) is 91.1 Å². The van der Waals surface area contributed by atoms with Gasteiger partial charge in [0, 0.05) is 35.3 Å². The minimum absolute atomic E-state index is 0.0316. The van der Waals surface area contributed by atoms with Crippen molar-refractivity contribution in [1.29, 1.82) is 0 Å². The summed E-state index contributed by atoms with van der Waals surface area (Å²) in [7, 11) is 0. The average Bonchev–Trinajstić information content (AvgIpc) is 3.70. The van der Waals surface area contributed by atoms with Crippen molar-refractivity contribution in [1.82, 2.24) is 15.3 Å². The van der Waals surface area contributed by atoms with Gasteiger partial charge in [-0.25, -0.2) is 8.78 Å². The monoisotopic (exact) mass is 588 g/mol. The van der Waals surface area contributed by atoms with Crippen LogP contribution in [-0.2, 0) is 12.0 Å². The maximum atomic E-state index is 16.3. The number of amides is 2. The predicted molar refractivity (Wildman–Crippen MR) is 162 cm³/mol. The van der Waals surface area contributed by atoms with Gasteiger partial charge < -0.3 is 15.5 Å². The van der Waals surface area contributed by atoms with Gasteiger partial charge in [-0.15, -0.1) is 0 Å². The second kappa shape index (κ2) is 10.4. The van der Waals surface area contributed by atoms with Crippen molar-refractivity contribution in [3.05, 3.63) is 131 Å². The maximum absolute atomic E-state index is 16.3. The van der Waals surface area contributed by atoms with E-state index >= 15 is 4.39 Å². The fourth-order valence-corrected chi connectivity index (χ4v) is 5.73. The van der Waals surface area contributed by atoms with Crippen molar-refractivity contribution in [3.63, 3.8) is 0 Å². The highest BCUT2D eigenvalue weighted by Crippen LogP contribution is 2.45. The van der Waals surface area contributed by atoms with Crippen LogP contribution in [0.5, 0.6) is 0 Å². The van der Waals surface area contributed by atoms with E-state index in [4.69, 9.17) is 15.1 Å². The van der Waals surface area contributed by atoms with Crippen molar-refractivity contribution in [2.24, 2.45) is 5.73 Å². The summed E-state index contributed by atoms with van der Waals surface area (Å²) in [6.07, 6.45) is 5.06. The van der Waals surface area contributed by atoms with Gasteiger partial charge in [0.1, 0.15) is 23.0 Å². The molecule has 3 N–H and O–H groups in total. The normalized spacial score (nSPS) is 13.7. The van der Waals surface area contributed by atoms with Crippen molar-refractivity contribution in [2.75, 3.05) is 0 Å². The Balaban J connectivity index is 1.23. The summed E-state index contributed by atoms with van der Waals surface area (Å²) in [5, 5.41) is 4.04. The summed E-state index contributed by atoms with van der Waals surface area (Å²) >= 11 is 0. The molecule has 7 nitrogen and oxygen atoms in total. The van der Waals surface area contributed by atoms with Crippen LogP contribution in [-0.4, -0.2) is 21.8 Å². The molecular formula is C35H26F2N4O3. The number of hydrogen-bond acceptors (Lipinski definition) is 5. The predicted octanol–water partition coefficient (Wildman–Crippen LogP) is 6.74. The first-order valence-electron chi connectivity index (χ1n) is 14.2. The Morgan fingerprint density at radius 3 is 2.52 bits per heavy atom. The number of carbonyl (C=O) groups excluding carboxylic acids is 2. The first-order valence-corrected chi connectivity index (χ1v) is 14.2. The number of primary amides is 1. The van der Waals surface area contributed by atoms with Crippen LogP contribution in [0.15, 0.2) is 89.6 Å². The lowest BCUT2D eigenvalue weighted by Crippen LogP contribution is -2.35. The molecule has 3 aromatic heterocycles. The largest absolute Gasteiger partial charge is 0.460 e. The molecule has 0 radical (unpaired) electrons. The molecule has 6 aromatic rings. The highest BCUT2D eigenvalue weighted by Gasteiger charge is 2.47. The molecule has 0 atom stereocenters. The molecule has 1 saturated carbocycles. The van der Waals surface area contributed by atoms with Gasteiger partial charge in [0.2, 0.25) is 0 Å². The Morgan fingerprint density at radius 2 is 1.77 bits per heavy atom. The Labute approximate surface area is 250 Å². The molecule has 1 fully saturated rings. The van der Waals surface area contributed by atoms with Crippen molar-refractivity contribution >= 4 is 33.7 Å². The Morgan fingerprint density at radius 1 is 0.977 bits per heavy atom. The number of aromatic nitrogens is 2. The molecule has 0 saturated heterocycles.